The van der Waals surface area contributed by atoms with Crippen LogP contribution in [0.2, 0.25) is 15.1 Å². The van der Waals surface area contributed by atoms with Crippen molar-refractivity contribution in [2.75, 3.05) is 11.9 Å². The number of urea groups is 1. The zero-order valence-electron chi connectivity index (χ0n) is 11.3. The molecule has 7 heteroatoms. The SMILES string of the molecule is O=C(NCC(O)c1ccc(Cl)cc1Cl)Nc1cccc(Cl)c1. The Hall–Kier alpha value is -1.46. The number of benzene rings is 2. The molecule has 2 aromatic rings. The summed E-state index contributed by atoms with van der Waals surface area (Å²) in [7, 11) is 0. The molecule has 3 N–H and O–H groups in total. The van der Waals surface area contributed by atoms with Crippen LogP contribution in [0.3, 0.4) is 0 Å². The van der Waals surface area contributed by atoms with Gasteiger partial charge in [-0.15, -0.1) is 0 Å². The Morgan fingerprint density at radius 3 is 2.50 bits per heavy atom. The molecule has 1 unspecified atom stereocenters. The van der Waals surface area contributed by atoms with Crippen LogP contribution in [0, 0.1) is 0 Å². The molecular formula is C15H13Cl3N2O2. The number of halogens is 3. The molecule has 1 atom stereocenters. The topological polar surface area (TPSA) is 61.4 Å². The number of amides is 2. The van der Waals surface area contributed by atoms with Crippen LogP contribution in [-0.2, 0) is 0 Å². The predicted molar refractivity (Wildman–Crippen MR) is 89.9 cm³/mol. The lowest BCUT2D eigenvalue weighted by atomic mass is 10.1. The smallest absolute Gasteiger partial charge is 0.319 e. The number of carbonyl (C=O) groups is 1. The Kier molecular flexibility index (Phi) is 5.91. The summed E-state index contributed by atoms with van der Waals surface area (Å²) < 4.78 is 0. The number of aliphatic hydroxyl groups is 1. The van der Waals surface area contributed by atoms with E-state index in [0.717, 1.165) is 0 Å². The average Bonchev–Trinajstić information content (AvgIpc) is 2.45. The van der Waals surface area contributed by atoms with Crippen molar-refractivity contribution in [3.8, 4) is 0 Å². The Bertz CT molecular complexity index is 680. The Morgan fingerprint density at radius 2 is 1.82 bits per heavy atom. The van der Waals surface area contributed by atoms with Gasteiger partial charge >= 0.3 is 6.03 Å². The highest BCUT2D eigenvalue weighted by Gasteiger charge is 2.13. The first-order valence-corrected chi connectivity index (χ1v) is 7.52. The van der Waals surface area contributed by atoms with E-state index in [0.29, 0.717) is 26.3 Å². The molecule has 116 valence electrons. The summed E-state index contributed by atoms with van der Waals surface area (Å²) in [4.78, 5) is 11.8. The lowest BCUT2D eigenvalue weighted by Gasteiger charge is -2.14. The van der Waals surface area contributed by atoms with E-state index in [1.165, 1.54) is 6.07 Å². The van der Waals surface area contributed by atoms with Gasteiger partial charge in [-0.3, -0.25) is 0 Å². The lowest BCUT2D eigenvalue weighted by molar-refractivity contribution is 0.175. The number of hydrogen-bond acceptors (Lipinski definition) is 2. The lowest BCUT2D eigenvalue weighted by Crippen LogP contribution is -2.32. The maximum atomic E-state index is 11.8. The van der Waals surface area contributed by atoms with Crippen LogP contribution in [0.15, 0.2) is 42.5 Å². The van der Waals surface area contributed by atoms with Crippen LogP contribution in [-0.4, -0.2) is 17.7 Å². The second-order valence-corrected chi connectivity index (χ2v) is 5.81. The molecule has 0 aliphatic carbocycles. The van der Waals surface area contributed by atoms with Gasteiger partial charge in [0.2, 0.25) is 0 Å². The predicted octanol–water partition coefficient (Wildman–Crippen LogP) is 4.50. The standard InChI is InChI=1S/C15H13Cl3N2O2/c16-9-2-1-3-11(6-9)20-15(22)19-8-14(21)12-5-4-10(17)7-13(12)18/h1-7,14,21H,8H2,(H2,19,20,22). The monoisotopic (exact) mass is 358 g/mol. The first kappa shape index (κ1) is 16.9. The van der Waals surface area contributed by atoms with Crippen molar-refractivity contribution in [2.45, 2.75) is 6.10 Å². The van der Waals surface area contributed by atoms with Crippen molar-refractivity contribution >= 4 is 46.5 Å². The maximum absolute atomic E-state index is 11.8. The summed E-state index contributed by atoms with van der Waals surface area (Å²) in [5, 5.41) is 16.6. The van der Waals surface area contributed by atoms with E-state index in [9.17, 15) is 9.90 Å². The third kappa shape index (κ3) is 4.78. The number of aliphatic hydroxyl groups excluding tert-OH is 1. The van der Waals surface area contributed by atoms with Crippen LogP contribution in [0.4, 0.5) is 10.5 Å². The van der Waals surface area contributed by atoms with Crippen LogP contribution in [0.1, 0.15) is 11.7 Å². The van der Waals surface area contributed by atoms with Crippen molar-refractivity contribution in [1.82, 2.24) is 5.32 Å². The highest BCUT2D eigenvalue weighted by atomic mass is 35.5. The van der Waals surface area contributed by atoms with Crippen LogP contribution in [0.25, 0.3) is 0 Å². The molecule has 2 aromatic carbocycles. The van der Waals surface area contributed by atoms with Crippen molar-refractivity contribution in [1.29, 1.82) is 0 Å². The second-order valence-electron chi connectivity index (χ2n) is 4.53. The normalized spacial score (nSPS) is 11.8. The zero-order chi connectivity index (χ0) is 16.1. The van der Waals surface area contributed by atoms with Gasteiger partial charge in [0.1, 0.15) is 0 Å². The minimum Gasteiger partial charge on any atom is -0.387 e. The number of anilines is 1. The van der Waals surface area contributed by atoms with E-state index in [1.54, 1.807) is 36.4 Å². The molecule has 2 rings (SSSR count). The van der Waals surface area contributed by atoms with E-state index in [4.69, 9.17) is 34.8 Å². The average molecular weight is 360 g/mol. The molecule has 0 aliphatic heterocycles. The first-order valence-electron chi connectivity index (χ1n) is 6.39. The molecule has 4 nitrogen and oxygen atoms in total. The number of nitrogens with one attached hydrogen (secondary N) is 2. The molecule has 0 heterocycles. The summed E-state index contributed by atoms with van der Waals surface area (Å²) in [5.74, 6) is 0. The number of hydrogen-bond donors (Lipinski definition) is 3. The molecule has 0 bridgehead atoms. The number of carbonyl (C=O) groups excluding carboxylic acids is 1. The van der Waals surface area contributed by atoms with Crippen molar-refractivity contribution in [2.24, 2.45) is 0 Å². The first-order chi connectivity index (χ1) is 10.5. The number of rotatable bonds is 4. The molecule has 0 aromatic heterocycles. The maximum Gasteiger partial charge on any atom is 0.319 e. The quantitative estimate of drug-likeness (QED) is 0.752. The van der Waals surface area contributed by atoms with Crippen molar-refractivity contribution in [3.63, 3.8) is 0 Å². The van der Waals surface area contributed by atoms with Gasteiger partial charge in [-0.05, 0) is 30.3 Å². The van der Waals surface area contributed by atoms with Crippen LogP contribution in [0.5, 0.6) is 0 Å². The summed E-state index contributed by atoms with van der Waals surface area (Å²) >= 11 is 17.6. The molecular weight excluding hydrogens is 347 g/mol. The van der Waals surface area contributed by atoms with Gasteiger partial charge < -0.3 is 15.7 Å². The van der Waals surface area contributed by atoms with Crippen LogP contribution >= 0.6 is 34.8 Å². The van der Waals surface area contributed by atoms with E-state index < -0.39 is 12.1 Å². The third-order valence-electron chi connectivity index (χ3n) is 2.86. The van der Waals surface area contributed by atoms with Gasteiger partial charge in [-0.2, -0.15) is 0 Å². The fourth-order valence-electron chi connectivity index (χ4n) is 1.81. The minimum absolute atomic E-state index is 0.00769. The van der Waals surface area contributed by atoms with Gasteiger partial charge in [0.15, 0.2) is 0 Å². The fourth-order valence-corrected chi connectivity index (χ4v) is 2.54. The molecule has 2 amide bonds. The zero-order valence-corrected chi connectivity index (χ0v) is 13.6. The Morgan fingerprint density at radius 1 is 1.09 bits per heavy atom. The highest BCUT2D eigenvalue weighted by Crippen LogP contribution is 2.25. The molecule has 0 radical (unpaired) electrons. The molecule has 0 saturated carbocycles. The van der Waals surface area contributed by atoms with E-state index in [1.807, 2.05) is 0 Å². The van der Waals surface area contributed by atoms with Crippen molar-refractivity contribution in [3.05, 3.63) is 63.1 Å². The van der Waals surface area contributed by atoms with Gasteiger partial charge in [-0.1, -0.05) is 46.9 Å². The van der Waals surface area contributed by atoms with Gasteiger partial charge in [-0.25, -0.2) is 4.79 Å². The molecule has 0 saturated heterocycles. The van der Waals surface area contributed by atoms with Gasteiger partial charge in [0.25, 0.3) is 0 Å². The van der Waals surface area contributed by atoms with Gasteiger partial charge in [0, 0.05) is 32.9 Å². The van der Waals surface area contributed by atoms with Crippen LogP contribution < -0.4 is 10.6 Å². The summed E-state index contributed by atoms with van der Waals surface area (Å²) in [6, 6.07) is 11.1. The summed E-state index contributed by atoms with van der Waals surface area (Å²) in [6.07, 6.45) is -0.935. The Labute approximate surface area is 143 Å². The second kappa shape index (κ2) is 7.70. The largest absolute Gasteiger partial charge is 0.387 e. The molecule has 22 heavy (non-hydrogen) atoms. The third-order valence-corrected chi connectivity index (χ3v) is 3.66. The van der Waals surface area contributed by atoms with Gasteiger partial charge in [0.05, 0.1) is 6.10 Å². The summed E-state index contributed by atoms with van der Waals surface area (Å²) in [6.45, 7) is 0.00769. The summed E-state index contributed by atoms with van der Waals surface area (Å²) in [5.41, 5.74) is 1.05. The molecule has 0 fully saturated rings. The van der Waals surface area contributed by atoms with Crippen molar-refractivity contribution < 1.29 is 9.90 Å². The van der Waals surface area contributed by atoms with E-state index in [-0.39, 0.29) is 6.54 Å². The van der Waals surface area contributed by atoms with E-state index in [2.05, 4.69) is 10.6 Å². The molecule has 0 spiro atoms. The van der Waals surface area contributed by atoms with E-state index >= 15 is 0 Å². The minimum atomic E-state index is -0.935. The highest BCUT2D eigenvalue weighted by molar-refractivity contribution is 6.35. The molecule has 0 aliphatic rings. The fraction of sp³-hybridized carbons (Fsp3) is 0.133. The Balaban J connectivity index is 1.90.